The molecular formula is C9H14N2O3S. The molecule has 1 aromatic rings. The van der Waals surface area contributed by atoms with Crippen LogP contribution in [0.1, 0.15) is 24.5 Å². The molecule has 0 saturated heterocycles. The van der Waals surface area contributed by atoms with Crippen LogP contribution in [-0.4, -0.2) is 35.3 Å². The molecule has 1 unspecified atom stereocenters. The highest BCUT2D eigenvalue weighted by molar-refractivity contribution is 7.92. The van der Waals surface area contributed by atoms with Crippen LogP contribution in [0.5, 0.6) is 0 Å². The molecular weight excluding hydrogens is 216 g/mol. The zero-order valence-corrected chi connectivity index (χ0v) is 9.78. The van der Waals surface area contributed by atoms with Gasteiger partial charge in [-0.1, -0.05) is 0 Å². The van der Waals surface area contributed by atoms with E-state index in [9.17, 15) is 13.2 Å². The Kier molecular flexibility index (Phi) is 3.28. The van der Waals surface area contributed by atoms with Gasteiger partial charge in [0.05, 0.1) is 0 Å². The molecule has 6 heteroatoms. The quantitative estimate of drug-likeness (QED) is 0.707. The fourth-order valence-electron chi connectivity index (χ4n) is 1.17. The lowest BCUT2D eigenvalue weighted by atomic mass is 10.3. The van der Waals surface area contributed by atoms with E-state index in [-0.39, 0.29) is 5.82 Å². The van der Waals surface area contributed by atoms with Gasteiger partial charge >= 0.3 is 0 Å². The second kappa shape index (κ2) is 4.14. The Bertz CT molecular complexity index is 461. The molecule has 0 saturated carbocycles. The van der Waals surface area contributed by atoms with E-state index in [1.54, 1.807) is 10.8 Å². The largest absolute Gasteiger partial charge is 0.329 e. The van der Waals surface area contributed by atoms with Crippen LogP contribution >= 0.6 is 0 Å². The Balaban J connectivity index is 3.05. The monoisotopic (exact) mass is 230 g/mol. The van der Waals surface area contributed by atoms with Crippen molar-refractivity contribution in [1.82, 2.24) is 9.55 Å². The predicted molar refractivity (Wildman–Crippen MR) is 56.5 cm³/mol. The van der Waals surface area contributed by atoms with Crippen molar-refractivity contribution < 1.29 is 13.2 Å². The number of nitrogens with zero attached hydrogens (tertiary/aromatic N) is 2. The van der Waals surface area contributed by atoms with Crippen LogP contribution in [0.25, 0.3) is 0 Å². The van der Waals surface area contributed by atoms with Gasteiger partial charge in [-0.15, -0.1) is 0 Å². The Hall–Kier alpha value is -1.17. The summed E-state index contributed by atoms with van der Waals surface area (Å²) in [5.41, 5.74) is 0. The van der Waals surface area contributed by atoms with Gasteiger partial charge < -0.3 is 4.57 Å². The molecule has 5 nitrogen and oxygen atoms in total. The van der Waals surface area contributed by atoms with E-state index in [0.29, 0.717) is 6.54 Å². The van der Waals surface area contributed by atoms with E-state index in [2.05, 4.69) is 4.98 Å². The number of Topliss-reactive ketones (excluding diaryl/α,β-unsaturated/α-hetero) is 1. The Labute approximate surface area is 89.0 Å². The van der Waals surface area contributed by atoms with Crippen LogP contribution in [0.2, 0.25) is 0 Å². The number of hydrogen-bond donors (Lipinski definition) is 0. The third kappa shape index (κ3) is 2.44. The molecule has 1 heterocycles. The van der Waals surface area contributed by atoms with Crippen LogP contribution in [-0.2, 0) is 16.4 Å². The summed E-state index contributed by atoms with van der Waals surface area (Å²) in [6.07, 6.45) is 4.20. The zero-order valence-electron chi connectivity index (χ0n) is 8.97. The molecule has 0 N–H and O–H groups in total. The molecule has 0 radical (unpaired) electrons. The number of sulfone groups is 1. The molecule has 1 atom stereocenters. The third-order valence-corrected chi connectivity index (χ3v) is 3.79. The lowest BCUT2D eigenvalue weighted by molar-refractivity contribution is 0.0977. The second-order valence-corrected chi connectivity index (χ2v) is 5.74. The minimum atomic E-state index is -3.36. The minimum Gasteiger partial charge on any atom is -0.329 e. The van der Waals surface area contributed by atoms with Crippen molar-refractivity contribution in [2.75, 3.05) is 6.26 Å². The van der Waals surface area contributed by atoms with E-state index in [1.807, 2.05) is 6.92 Å². The first-order valence-corrected chi connectivity index (χ1v) is 6.57. The molecule has 1 aromatic heterocycles. The van der Waals surface area contributed by atoms with Gasteiger partial charge in [-0.25, -0.2) is 13.4 Å². The summed E-state index contributed by atoms with van der Waals surface area (Å²) in [7, 11) is -3.36. The van der Waals surface area contributed by atoms with Gasteiger partial charge in [0.2, 0.25) is 5.78 Å². The van der Waals surface area contributed by atoms with Gasteiger partial charge in [-0.05, 0) is 13.8 Å². The van der Waals surface area contributed by atoms with E-state index in [4.69, 9.17) is 0 Å². The number of aromatic nitrogens is 2. The average molecular weight is 230 g/mol. The molecule has 84 valence electrons. The fourth-order valence-corrected chi connectivity index (χ4v) is 1.66. The molecule has 0 bridgehead atoms. The Morgan fingerprint density at radius 3 is 2.67 bits per heavy atom. The molecule has 0 fully saturated rings. The number of imidazole rings is 1. The van der Waals surface area contributed by atoms with Gasteiger partial charge in [0, 0.05) is 25.2 Å². The summed E-state index contributed by atoms with van der Waals surface area (Å²) in [6, 6.07) is 0. The second-order valence-electron chi connectivity index (χ2n) is 3.37. The van der Waals surface area contributed by atoms with Gasteiger partial charge in [-0.3, -0.25) is 4.79 Å². The first-order chi connectivity index (χ1) is 6.88. The maximum absolute atomic E-state index is 11.8. The van der Waals surface area contributed by atoms with E-state index in [1.165, 1.54) is 13.1 Å². The van der Waals surface area contributed by atoms with Crippen LogP contribution in [0, 0.1) is 0 Å². The highest BCUT2D eigenvalue weighted by Crippen LogP contribution is 2.08. The van der Waals surface area contributed by atoms with Crippen LogP contribution in [0.15, 0.2) is 12.4 Å². The van der Waals surface area contributed by atoms with Gasteiger partial charge in [-0.2, -0.15) is 0 Å². The van der Waals surface area contributed by atoms with Crippen molar-refractivity contribution in [1.29, 1.82) is 0 Å². The smallest absolute Gasteiger partial charge is 0.216 e. The number of aryl methyl sites for hydroxylation is 1. The van der Waals surface area contributed by atoms with Crippen LogP contribution in [0.4, 0.5) is 0 Å². The summed E-state index contributed by atoms with van der Waals surface area (Å²) < 4.78 is 24.0. The average Bonchev–Trinajstić information content (AvgIpc) is 2.61. The van der Waals surface area contributed by atoms with E-state index < -0.39 is 20.9 Å². The Morgan fingerprint density at radius 2 is 2.20 bits per heavy atom. The predicted octanol–water partition coefficient (Wildman–Crippen LogP) is 0.519. The van der Waals surface area contributed by atoms with Crippen molar-refractivity contribution in [2.45, 2.75) is 25.6 Å². The number of ketones is 1. The summed E-state index contributed by atoms with van der Waals surface area (Å²) in [5, 5.41) is -1.04. The van der Waals surface area contributed by atoms with Crippen molar-refractivity contribution >= 4 is 15.6 Å². The van der Waals surface area contributed by atoms with E-state index >= 15 is 0 Å². The van der Waals surface area contributed by atoms with E-state index in [0.717, 1.165) is 6.26 Å². The summed E-state index contributed by atoms with van der Waals surface area (Å²) >= 11 is 0. The summed E-state index contributed by atoms with van der Waals surface area (Å²) in [4.78, 5) is 15.6. The number of carbonyl (C=O) groups is 1. The lowest BCUT2D eigenvalue weighted by Gasteiger charge is -2.08. The van der Waals surface area contributed by atoms with Crippen molar-refractivity contribution in [3.05, 3.63) is 18.2 Å². The normalized spacial score (nSPS) is 13.8. The highest BCUT2D eigenvalue weighted by Gasteiger charge is 2.27. The highest BCUT2D eigenvalue weighted by atomic mass is 32.2. The Morgan fingerprint density at radius 1 is 1.60 bits per heavy atom. The molecule has 0 spiro atoms. The summed E-state index contributed by atoms with van der Waals surface area (Å²) in [5.74, 6) is -0.250. The number of carbonyl (C=O) groups excluding carboxylic acids is 1. The minimum absolute atomic E-state index is 0.204. The SMILES string of the molecule is CCn1ccnc1C(=O)C(C)S(C)(=O)=O. The number of hydrogen-bond acceptors (Lipinski definition) is 4. The molecule has 0 aliphatic carbocycles. The van der Waals surface area contributed by atoms with Crippen molar-refractivity contribution in [3.8, 4) is 0 Å². The van der Waals surface area contributed by atoms with Crippen LogP contribution < -0.4 is 0 Å². The van der Waals surface area contributed by atoms with Crippen molar-refractivity contribution in [3.63, 3.8) is 0 Å². The lowest BCUT2D eigenvalue weighted by Crippen LogP contribution is -2.28. The van der Waals surface area contributed by atoms with Gasteiger partial charge in [0.15, 0.2) is 15.7 Å². The standard InChI is InChI=1S/C9H14N2O3S/c1-4-11-6-5-10-9(11)8(12)7(2)15(3,13)14/h5-7H,4H2,1-3H3. The van der Waals surface area contributed by atoms with Crippen molar-refractivity contribution in [2.24, 2.45) is 0 Å². The zero-order chi connectivity index (χ0) is 11.6. The topological polar surface area (TPSA) is 69.0 Å². The fraction of sp³-hybridized carbons (Fsp3) is 0.556. The first-order valence-electron chi connectivity index (χ1n) is 4.62. The third-order valence-electron chi connectivity index (χ3n) is 2.29. The molecule has 0 aliphatic rings. The molecule has 0 aromatic carbocycles. The maximum atomic E-state index is 11.8. The molecule has 0 amide bonds. The molecule has 1 rings (SSSR count). The number of rotatable bonds is 4. The molecule has 15 heavy (non-hydrogen) atoms. The first kappa shape index (κ1) is 11.9. The van der Waals surface area contributed by atoms with Crippen LogP contribution in [0.3, 0.4) is 0 Å². The maximum Gasteiger partial charge on any atom is 0.216 e. The van der Waals surface area contributed by atoms with Gasteiger partial charge in [0.1, 0.15) is 5.25 Å². The summed E-state index contributed by atoms with van der Waals surface area (Å²) in [6.45, 7) is 3.84. The van der Waals surface area contributed by atoms with Gasteiger partial charge in [0.25, 0.3) is 0 Å². The molecule has 0 aliphatic heterocycles.